The maximum Gasteiger partial charge on any atom is 0.294 e. The Bertz CT molecular complexity index is 674. The molecule has 0 bridgehead atoms. The molecule has 0 aliphatic heterocycles. The summed E-state index contributed by atoms with van der Waals surface area (Å²) in [7, 11) is -4.02. The monoisotopic (exact) mass is 336 g/mol. The molecule has 0 heterocycles. The molecule has 2 fully saturated rings. The van der Waals surface area contributed by atoms with Gasteiger partial charge in [-0.05, 0) is 63.5 Å². The lowest BCUT2D eigenvalue weighted by molar-refractivity contribution is 0.423. The zero-order valence-corrected chi connectivity index (χ0v) is 14.4. The number of hydrogen-bond donors (Lipinski definition) is 2. The van der Waals surface area contributed by atoms with Crippen molar-refractivity contribution in [2.45, 2.75) is 50.0 Å². The smallest absolute Gasteiger partial charge is 0.294 e. The molecule has 2 aliphatic carbocycles. The first-order valence-corrected chi connectivity index (χ1v) is 9.27. The lowest BCUT2D eigenvalue weighted by Crippen LogP contribution is -2.33. The molecule has 1 aromatic rings. The van der Waals surface area contributed by atoms with E-state index < -0.39 is 10.1 Å². The highest BCUT2D eigenvalue weighted by Crippen LogP contribution is 2.49. The van der Waals surface area contributed by atoms with E-state index in [2.05, 4.69) is 13.0 Å². The van der Waals surface area contributed by atoms with Crippen molar-refractivity contribution < 1.29 is 13.0 Å². The number of fused-ring (bicyclic) bond motifs is 1. The molecular weight excluding hydrogens is 312 g/mol. The molecule has 0 aromatic heterocycles. The standard InChI is InChI=1S/C10H16N2.C7H8O3S/c1-10(12)4-8-2-7(6-11)3-9(8)5-10;1-6-2-4-7(5-3-6)11(8,9)10/h7-9H,2-5,12H2,1H3;2-5H,1H3,(H,8,9,10)/t7?,8-,9+,10-;. The van der Waals surface area contributed by atoms with Gasteiger partial charge >= 0.3 is 0 Å². The molecule has 0 spiro atoms. The Morgan fingerprint density at radius 1 is 1.22 bits per heavy atom. The second-order valence-electron chi connectivity index (χ2n) is 7.17. The van der Waals surface area contributed by atoms with Gasteiger partial charge < -0.3 is 5.73 Å². The summed E-state index contributed by atoms with van der Waals surface area (Å²) < 4.78 is 29.6. The fourth-order valence-corrected chi connectivity index (χ4v) is 4.29. The van der Waals surface area contributed by atoms with Crippen molar-refractivity contribution in [2.75, 3.05) is 0 Å². The van der Waals surface area contributed by atoms with Crippen LogP contribution in [-0.4, -0.2) is 18.5 Å². The van der Waals surface area contributed by atoms with Crippen molar-refractivity contribution >= 4 is 10.1 Å². The fraction of sp³-hybridized carbons (Fsp3) is 0.588. The second kappa shape index (κ2) is 6.60. The number of hydrogen-bond acceptors (Lipinski definition) is 4. The number of nitrogens with two attached hydrogens (primary N) is 1. The molecule has 126 valence electrons. The summed E-state index contributed by atoms with van der Waals surface area (Å²) in [6.45, 7) is 3.99. The zero-order chi connectivity index (χ0) is 17.3. The van der Waals surface area contributed by atoms with E-state index >= 15 is 0 Å². The minimum absolute atomic E-state index is 0.0652. The van der Waals surface area contributed by atoms with Crippen LogP contribution in [0.1, 0.15) is 38.2 Å². The summed E-state index contributed by atoms with van der Waals surface area (Å²) in [5.41, 5.74) is 7.09. The highest BCUT2D eigenvalue weighted by molar-refractivity contribution is 7.85. The van der Waals surface area contributed by atoms with Crippen LogP contribution in [0, 0.1) is 36.0 Å². The maximum atomic E-state index is 10.5. The summed E-state index contributed by atoms with van der Waals surface area (Å²) in [5.74, 6) is 1.84. The highest BCUT2D eigenvalue weighted by atomic mass is 32.2. The topological polar surface area (TPSA) is 104 Å². The summed E-state index contributed by atoms with van der Waals surface area (Å²) in [4.78, 5) is -0.0666. The van der Waals surface area contributed by atoms with E-state index in [9.17, 15) is 8.42 Å². The molecule has 4 atom stereocenters. The maximum absolute atomic E-state index is 10.5. The van der Waals surface area contributed by atoms with Gasteiger partial charge in [0.1, 0.15) is 0 Å². The molecule has 1 aromatic carbocycles. The number of rotatable bonds is 1. The van der Waals surface area contributed by atoms with Gasteiger partial charge in [-0.25, -0.2) is 0 Å². The van der Waals surface area contributed by atoms with Crippen LogP contribution < -0.4 is 5.73 Å². The van der Waals surface area contributed by atoms with Crippen LogP contribution in [0.25, 0.3) is 0 Å². The van der Waals surface area contributed by atoms with E-state index in [1.807, 2.05) is 6.92 Å². The second-order valence-corrected chi connectivity index (χ2v) is 8.59. The third-order valence-electron chi connectivity index (χ3n) is 4.80. The molecule has 23 heavy (non-hydrogen) atoms. The summed E-state index contributed by atoms with van der Waals surface area (Å²) in [6.07, 6.45) is 4.48. The van der Waals surface area contributed by atoms with Crippen LogP contribution >= 0.6 is 0 Å². The van der Waals surface area contributed by atoms with E-state index in [0.29, 0.717) is 5.92 Å². The number of nitrogens with zero attached hydrogens (tertiary/aromatic N) is 1. The van der Waals surface area contributed by atoms with Crippen molar-refractivity contribution in [1.82, 2.24) is 0 Å². The first kappa shape index (κ1) is 17.9. The molecule has 1 unspecified atom stereocenters. The number of nitriles is 1. The largest absolute Gasteiger partial charge is 0.325 e. The third-order valence-corrected chi connectivity index (χ3v) is 5.67. The van der Waals surface area contributed by atoms with Gasteiger partial charge in [0.15, 0.2) is 0 Å². The van der Waals surface area contributed by atoms with Gasteiger partial charge in [0.2, 0.25) is 0 Å². The third kappa shape index (κ3) is 4.77. The average Bonchev–Trinajstić information content (AvgIpc) is 2.91. The predicted molar refractivity (Wildman–Crippen MR) is 88.1 cm³/mol. The van der Waals surface area contributed by atoms with E-state index in [4.69, 9.17) is 15.5 Å². The quantitative estimate of drug-likeness (QED) is 0.767. The minimum atomic E-state index is -4.02. The van der Waals surface area contributed by atoms with Crippen molar-refractivity contribution in [3.05, 3.63) is 29.8 Å². The Balaban J connectivity index is 0.000000168. The first-order chi connectivity index (χ1) is 10.6. The molecular formula is C17H24N2O3S. The van der Waals surface area contributed by atoms with Gasteiger partial charge in [-0.2, -0.15) is 13.7 Å². The molecule has 0 amide bonds. The van der Waals surface area contributed by atoms with Crippen LogP contribution in [0.15, 0.2) is 29.2 Å². The Labute approximate surface area is 138 Å². The van der Waals surface area contributed by atoms with Gasteiger partial charge in [-0.3, -0.25) is 4.55 Å². The van der Waals surface area contributed by atoms with Crippen molar-refractivity contribution in [2.24, 2.45) is 23.5 Å². The summed E-state index contributed by atoms with van der Waals surface area (Å²) in [6, 6.07) is 8.37. The molecule has 0 radical (unpaired) electrons. The van der Waals surface area contributed by atoms with Gasteiger partial charge in [0.05, 0.1) is 11.0 Å². The lowest BCUT2D eigenvalue weighted by Gasteiger charge is -2.18. The molecule has 5 nitrogen and oxygen atoms in total. The van der Waals surface area contributed by atoms with E-state index in [-0.39, 0.29) is 10.4 Å². The molecule has 3 N–H and O–H groups in total. The molecule has 3 rings (SSSR count). The normalized spacial score (nSPS) is 32.6. The lowest BCUT2D eigenvalue weighted by atomic mass is 9.95. The van der Waals surface area contributed by atoms with Crippen LogP contribution in [0.3, 0.4) is 0 Å². The Kier molecular flexibility index (Phi) is 5.14. The molecule has 2 saturated carbocycles. The average molecular weight is 336 g/mol. The highest BCUT2D eigenvalue weighted by Gasteiger charge is 2.45. The van der Waals surface area contributed by atoms with Crippen LogP contribution in [-0.2, 0) is 10.1 Å². The van der Waals surface area contributed by atoms with Gasteiger partial charge in [0.25, 0.3) is 10.1 Å². The summed E-state index contributed by atoms with van der Waals surface area (Å²) in [5, 5.41) is 8.77. The number of benzene rings is 1. The Morgan fingerprint density at radius 3 is 2.09 bits per heavy atom. The Hall–Kier alpha value is -1.42. The summed E-state index contributed by atoms with van der Waals surface area (Å²) >= 11 is 0. The fourth-order valence-electron chi connectivity index (χ4n) is 3.81. The number of aryl methyl sites for hydroxylation is 1. The first-order valence-electron chi connectivity index (χ1n) is 7.83. The van der Waals surface area contributed by atoms with Crippen LogP contribution in [0.5, 0.6) is 0 Å². The van der Waals surface area contributed by atoms with Gasteiger partial charge in [-0.15, -0.1) is 0 Å². The van der Waals surface area contributed by atoms with E-state index in [1.165, 1.54) is 12.1 Å². The van der Waals surface area contributed by atoms with E-state index in [1.54, 1.807) is 12.1 Å². The van der Waals surface area contributed by atoms with Crippen LogP contribution in [0.4, 0.5) is 0 Å². The van der Waals surface area contributed by atoms with Gasteiger partial charge in [-0.1, -0.05) is 17.7 Å². The predicted octanol–water partition coefficient (Wildman–Crippen LogP) is 2.91. The van der Waals surface area contributed by atoms with Crippen molar-refractivity contribution in [1.29, 1.82) is 5.26 Å². The Morgan fingerprint density at radius 2 is 1.70 bits per heavy atom. The SMILES string of the molecule is C[C@@]1(N)C[C@H]2CC(C#N)C[C@H]2C1.Cc1ccc(S(=O)(=O)O)cc1. The van der Waals surface area contributed by atoms with Crippen molar-refractivity contribution in [3.8, 4) is 6.07 Å². The zero-order valence-electron chi connectivity index (χ0n) is 13.6. The van der Waals surface area contributed by atoms with Crippen molar-refractivity contribution in [3.63, 3.8) is 0 Å². The van der Waals surface area contributed by atoms with E-state index in [0.717, 1.165) is 43.1 Å². The van der Waals surface area contributed by atoms with Gasteiger partial charge in [0, 0.05) is 11.5 Å². The molecule has 0 saturated heterocycles. The minimum Gasteiger partial charge on any atom is -0.325 e. The van der Waals surface area contributed by atoms with Crippen LogP contribution in [0.2, 0.25) is 0 Å². The molecule has 2 aliphatic rings. The molecule has 6 heteroatoms.